The Hall–Kier alpha value is -1.89. The van der Waals surface area contributed by atoms with Crippen LogP contribution < -0.4 is 0 Å². The van der Waals surface area contributed by atoms with E-state index in [0.29, 0.717) is 13.0 Å². The Morgan fingerprint density at radius 1 is 1.05 bits per heavy atom. The molecule has 0 aromatic rings. The minimum Gasteiger partial charge on any atom is -0.481 e. The van der Waals surface area contributed by atoms with Crippen molar-refractivity contribution in [2.75, 3.05) is 19.8 Å². The van der Waals surface area contributed by atoms with E-state index >= 15 is 0 Å². The number of ether oxygens (including phenoxy) is 2. The molecule has 0 aliphatic carbocycles. The summed E-state index contributed by atoms with van der Waals surface area (Å²) in [5, 5.41) is 18.5. The fraction of sp³-hybridized carbons (Fsp3) is 0.667. The third kappa shape index (κ3) is 5.85. The first-order chi connectivity index (χ1) is 10.3. The molecule has 0 heterocycles. The quantitative estimate of drug-likeness (QED) is 0.321. The van der Waals surface area contributed by atoms with Gasteiger partial charge in [0.25, 0.3) is 0 Å². The van der Waals surface area contributed by atoms with Crippen LogP contribution in [-0.4, -0.2) is 47.9 Å². The SMILES string of the molecule is C=C(C(=O)O)C(CCC)(CC(=O)OCCOCCC)C(=O)O. The summed E-state index contributed by atoms with van der Waals surface area (Å²) in [6.45, 7) is 7.73. The largest absolute Gasteiger partial charge is 0.481 e. The number of hydrogen-bond acceptors (Lipinski definition) is 5. The summed E-state index contributed by atoms with van der Waals surface area (Å²) in [6.07, 6.45) is 0.667. The van der Waals surface area contributed by atoms with E-state index in [4.69, 9.17) is 14.6 Å². The summed E-state index contributed by atoms with van der Waals surface area (Å²) in [7, 11) is 0. The van der Waals surface area contributed by atoms with Crippen molar-refractivity contribution in [3.8, 4) is 0 Å². The predicted octanol–water partition coefficient (Wildman–Crippen LogP) is 1.86. The van der Waals surface area contributed by atoms with Gasteiger partial charge in [-0.25, -0.2) is 4.79 Å². The molecule has 0 aromatic carbocycles. The van der Waals surface area contributed by atoms with Gasteiger partial charge in [-0.3, -0.25) is 9.59 Å². The average Bonchev–Trinajstić information content (AvgIpc) is 2.45. The highest BCUT2D eigenvalue weighted by atomic mass is 16.6. The Bertz CT molecular complexity index is 416. The highest BCUT2D eigenvalue weighted by molar-refractivity contribution is 5.98. The summed E-state index contributed by atoms with van der Waals surface area (Å²) in [5.74, 6) is -3.60. The Kier molecular flexibility index (Phi) is 9.09. The number of hydrogen-bond donors (Lipinski definition) is 2. The molecular formula is C15H24O7. The zero-order valence-corrected chi connectivity index (χ0v) is 13.1. The van der Waals surface area contributed by atoms with E-state index in [1.165, 1.54) is 0 Å². The third-order valence-corrected chi connectivity index (χ3v) is 3.21. The van der Waals surface area contributed by atoms with Crippen molar-refractivity contribution in [3.05, 3.63) is 12.2 Å². The van der Waals surface area contributed by atoms with Crippen LogP contribution in [0.25, 0.3) is 0 Å². The lowest BCUT2D eigenvalue weighted by Crippen LogP contribution is -2.38. The summed E-state index contributed by atoms with van der Waals surface area (Å²) in [6, 6.07) is 0. The van der Waals surface area contributed by atoms with Crippen molar-refractivity contribution in [2.24, 2.45) is 5.41 Å². The van der Waals surface area contributed by atoms with Gasteiger partial charge in [0.1, 0.15) is 12.0 Å². The number of esters is 1. The van der Waals surface area contributed by atoms with Crippen LogP contribution in [0, 0.1) is 5.41 Å². The van der Waals surface area contributed by atoms with Crippen molar-refractivity contribution in [2.45, 2.75) is 39.5 Å². The minimum absolute atomic E-state index is 0.000203. The van der Waals surface area contributed by atoms with Crippen LogP contribution in [-0.2, 0) is 23.9 Å². The lowest BCUT2D eigenvalue weighted by molar-refractivity contribution is -0.158. The second-order valence-corrected chi connectivity index (χ2v) is 4.93. The van der Waals surface area contributed by atoms with Gasteiger partial charge in [-0.05, 0) is 12.8 Å². The van der Waals surface area contributed by atoms with Gasteiger partial charge in [-0.15, -0.1) is 0 Å². The lowest BCUT2D eigenvalue weighted by atomic mass is 9.74. The van der Waals surface area contributed by atoms with Crippen LogP contribution in [0.5, 0.6) is 0 Å². The Morgan fingerprint density at radius 3 is 2.14 bits per heavy atom. The fourth-order valence-corrected chi connectivity index (χ4v) is 2.05. The summed E-state index contributed by atoms with van der Waals surface area (Å²) in [4.78, 5) is 34.5. The molecule has 0 rings (SSSR count). The van der Waals surface area contributed by atoms with Gasteiger partial charge in [0, 0.05) is 12.2 Å². The van der Waals surface area contributed by atoms with Gasteiger partial charge >= 0.3 is 17.9 Å². The number of carbonyl (C=O) groups excluding carboxylic acids is 1. The molecule has 126 valence electrons. The lowest BCUT2D eigenvalue weighted by Gasteiger charge is -2.28. The second-order valence-electron chi connectivity index (χ2n) is 4.93. The van der Waals surface area contributed by atoms with Crippen molar-refractivity contribution in [1.82, 2.24) is 0 Å². The van der Waals surface area contributed by atoms with E-state index in [2.05, 4.69) is 6.58 Å². The molecule has 0 radical (unpaired) electrons. The molecule has 0 bridgehead atoms. The number of carboxylic acids is 2. The van der Waals surface area contributed by atoms with Crippen LogP contribution in [0.4, 0.5) is 0 Å². The molecule has 0 saturated carbocycles. The normalized spacial score (nSPS) is 13.2. The van der Waals surface area contributed by atoms with Gasteiger partial charge in [0.15, 0.2) is 0 Å². The Balaban J connectivity index is 4.83. The zero-order chi connectivity index (χ0) is 17.2. The van der Waals surface area contributed by atoms with Crippen molar-refractivity contribution >= 4 is 17.9 Å². The predicted molar refractivity (Wildman–Crippen MR) is 78.4 cm³/mol. The van der Waals surface area contributed by atoms with Gasteiger partial charge < -0.3 is 19.7 Å². The number of carbonyl (C=O) groups is 3. The molecule has 0 aliphatic heterocycles. The van der Waals surface area contributed by atoms with Gasteiger partial charge in [-0.2, -0.15) is 0 Å². The van der Waals surface area contributed by atoms with Crippen LogP contribution >= 0.6 is 0 Å². The number of aliphatic carboxylic acids is 2. The monoisotopic (exact) mass is 316 g/mol. The maximum absolute atomic E-state index is 11.8. The van der Waals surface area contributed by atoms with Crippen molar-refractivity contribution in [1.29, 1.82) is 0 Å². The van der Waals surface area contributed by atoms with Crippen molar-refractivity contribution < 1.29 is 34.1 Å². The summed E-state index contributed by atoms with van der Waals surface area (Å²) >= 11 is 0. The standard InChI is InChI=1S/C15H24O7/c1-4-6-15(14(19)20,11(3)13(17)18)10-12(16)22-9-8-21-7-5-2/h3-10H2,1-2H3,(H,17,18)(H,19,20). The first-order valence-electron chi connectivity index (χ1n) is 7.21. The Morgan fingerprint density at radius 2 is 1.68 bits per heavy atom. The maximum Gasteiger partial charge on any atom is 0.332 e. The molecule has 0 amide bonds. The highest BCUT2D eigenvalue weighted by Gasteiger charge is 2.45. The van der Waals surface area contributed by atoms with Crippen LogP contribution in [0.2, 0.25) is 0 Å². The van der Waals surface area contributed by atoms with Crippen molar-refractivity contribution in [3.63, 3.8) is 0 Å². The van der Waals surface area contributed by atoms with E-state index in [0.717, 1.165) is 6.42 Å². The number of carboxylic acid groups (broad SMARTS) is 2. The fourth-order valence-electron chi connectivity index (χ4n) is 2.05. The molecule has 7 heteroatoms. The smallest absolute Gasteiger partial charge is 0.332 e. The minimum atomic E-state index is -1.85. The van der Waals surface area contributed by atoms with Crippen LogP contribution in [0.1, 0.15) is 39.5 Å². The molecular weight excluding hydrogens is 292 g/mol. The molecule has 2 N–H and O–H groups in total. The second kappa shape index (κ2) is 9.94. The van der Waals surface area contributed by atoms with E-state index in [1.807, 2.05) is 6.92 Å². The molecule has 0 aliphatic rings. The number of rotatable bonds is 12. The molecule has 0 fully saturated rings. The highest BCUT2D eigenvalue weighted by Crippen LogP contribution is 2.36. The summed E-state index contributed by atoms with van der Waals surface area (Å²) in [5.41, 5.74) is -2.36. The molecule has 1 atom stereocenters. The van der Waals surface area contributed by atoms with Gasteiger partial charge in [0.05, 0.1) is 13.0 Å². The first-order valence-corrected chi connectivity index (χ1v) is 7.21. The summed E-state index contributed by atoms with van der Waals surface area (Å²) < 4.78 is 10.0. The molecule has 22 heavy (non-hydrogen) atoms. The average molecular weight is 316 g/mol. The third-order valence-electron chi connectivity index (χ3n) is 3.21. The van der Waals surface area contributed by atoms with Gasteiger partial charge in [0.2, 0.25) is 0 Å². The van der Waals surface area contributed by atoms with E-state index in [1.54, 1.807) is 6.92 Å². The maximum atomic E-state index is 11.8. The van der Waals surface area contributed by atoms with E-state index in [-0.39, 0.29) is 19.6 Å². The Labute approximate surface area is 129 Å². The molecule has 0 saturated heterocycles. The topological polar surface area (TPSA) is 110 Å². The van der Waals surface area contributed by atoms with Gasteiger partial charge in [-0.1, -0.05) is 26.8 Å². The van der Waals surface area contributed by atoms with Crippen LogP contribution in [0.15, 0.2) is 12.2 Å². The molecule has 0 aromatic heterocycles. The van der Waals surface area contributed by atoms with E-state index < -0.39 is 35.3 Å². The molecule has 0 spiro atoms. The van der Waals surface area contributed by atoms with E-state index in [9.17, 15) is 19.5 Å². The zero-order valence-electron chi connectivity index (χ0n) is 13.1. The molecule has 7 nitrogen and oxygen atoms in total. The molecule has 1 unspecified atom stereocenters. The first kappa shape index (κ1) is 20.1. The van der Waals surface area contributed by atoms with Crippen LogP contribution in [0.3, 0.4) is 0 Å².